The van der Waals surface area contributed by atoms with Crippen molar-refractivity contribution in [2.24, 2.45) is 5.92 Å². The normalized spacial score (nSPS) is 17.8. The van der Waals surface area contributed by atoms with Crippen LogP contribution >= 0.6 is 0 Å². The zero-order chi connectivity index (χ0) is 18.5. The molecule has 0 saturated heterocycles. The van der Waals surface area contributed by atoms with Crippen molar-refractivity contribution in [3.63, 3.8) is 0 Å². The fourth-order valence-corrected chi connectivity index (χ4v) is 3.35. The summed E-state index contributed by atoms with van der Waals surface area (Å²) in [6, 6.07) is 3.78. The van der Waals surface area contributed by atoms with Gasteiger partial charge in [-0.1, -0.05) is 20.3 Å². The Morgan fingerprint density at radius 2 is 2.23 bits per heavy atom. The minimum absolute atomic E-state index is 0.0548. The van der Waals surface area contributed by atoms with Crippen molar-refractivity contribution in [3.05, 3.63) is 30.4 Å². The van der Waals surface area contributed by atoms with Gasteiger partial charge in [0.1, 0.15) is 0 Å². The molecule has 0 radical (unpaired) electrons. The number of hydrogen-bond acceptors (Lipinski definition) is 5. The average Bonchev–Trinajstić information content (AvgIpc) is 3.11. The van der Waals surface area contributed by atoms with Gasteiger partial charge in [0.05, 0.1) is 25.6 Å². The highest BCUT2D eigenvalue weighted by molar-refractivity contribution is 5.77. The van der Waals surface area contributed by atoms with Crippen LogP contribution in [0.2, 0.25) is 0 Å². The summed E-state index contributed by atoms with van der Waals surface area (Å²) in [5, 5.41) is 4.66. The fourth-order valence-electron chi connectivity index (χ4n) is 3.35. The van der Waals surface area contributed by atoms with Crippen molar-refractivity contribution in [3.8, 4) is 11.4 Å². The van der Waals surface area contributed by atoms with E-state index in [2.05, 4.69) is 23.9 Å². The highest BCUT2D eigenvalue weighted by Crippen LogP contribution is 2.34. The third kappa shape index (κ3) is 3.77. The van der Waals surface area contributed by atoms with Gasteiger partial charge in [-0.05, 0) is 25.0 Å². The van der Waals surface area contributed by atoms with E-state index in [9.17, 15) is 4.79 Å². The minimum Gasteiger partial charge on any atom is -0.381 e. The molecule has 140 valence electrons. The number of ether oxygens (including phenoxy) is 1. The summed E-state index contributed by atoms with van der Waals surface area (Å²) >= 11 is 0. The van der Waals surface area contributed by atoms with Crippen LogP contribution in [0.15, 0.2) is 24.5 Å². The van der Waals surface area contributed by atoms with E-state index >= 15 is 0 Å². The Kier molecular flexibility index (Phi) is 5.98. The summed E-state index contributed by atoms with van der Waals surface area (Å²) in [6.07, 6.45) is 4.88. The first kappa shape index (κ1) is 18.5. The number of carbonyl (C=O) groups excluding carboxylic acids is 1. The van der Waals surface area contributed by atoms with Gasteiger partial charge in [-0.3, -0.25) is 9.78 Å². The number of hydrogen-bond donors (Lipinski definition) is 0. The van der Waals surface area contributed by atoms with E-state index in [0.29, 0.717) is 44.5 Å². The van der Waals surface area contributed by atoms with E-state index in [4.69, 9.17) is 9.72 Å². The maximum absolute atomic E-state index is 12.8. The standard InChI is InChI=1S/C19H27N5O2/c1-4-14(3)17-19-21-18(15-7-6-9-20-13-15)22-24(19)11-10-23(17)16(25)8-12-26-5-2/h6-7,9,13-14,17H,4-5,8,10-12H2,1-3H3/t14-,17-/m0/s1. The number of pyridine rings is 1. The number of carbonyl (C=O) groups is 1. The van der Waals surface area contributed by atoms with Crippen LogP contribution in [0.1, 0.15) is 45.5 Å². The molecule has 2 aromatic rings. The topological polar surface area (TPSA) is 73.1 Å². The lowest BCUT2D eigenvalue weighted by molar-refractivity contribution is -0.137. The van der Waals surface area contributed by atoms with Crippen LogP contribution in [-0.4, -0.2) is 50.3 Å². The Morgan fingerprint density at radius 3 is 2.92 bits per heavy atom. The first-order valence-electron chi connectivity index (χ1n) is 9.38. The molecule has 1 aliphatic heterocycles. The molecule has 26 heavy (non-hydrogen) atoms. The number of amides is 1. The van der Waals surface area contributed by atoms with Crippen molar-refractivity contribution >= 4 is 5.91 Å². The smallest absolute Gasteiger partial charge is 0.225 e. The van der Waals surface area contributed by atoms with Gasteiger partial charge in [-0.15, -0.1) is 0 Å². The Labute approximate surface area is 154 Å². The molecule has 3 rings (SSSR count). The van der Waals surface area contributed by atoms with Gasteiger partial charge >= 0.3 is 0 Å². The van der Waals surface area contributed by atoms with E-state index in [0.717, 1.165) is 17.8 Å². The van der Waals surface area contributed by atoms with Crippen molar-refractivity contribution in [1.82, 2.24) is 24.6 Å². The number of nitrogens with zero attached hydrogens (tertiary/aromatic N) is 5. The van der Waals surface area contributed by atoms with E-state index in [1.165, 1.54) is 0 Å². The zero-order valence-corrected chi connectivity index (χ0v) is 15.8. The fraction of sp³-hybridized carbons (Fsp3) is 0.579. The Hall–Kier alpha value is -2.28. The second-order valence-electron chi connectivity index (χ2n) is 6.62. The van der Waals surface area contributed by atoms with Crippen LogP contribution in [0.4, 0.5) is 0 Å². The van der Waals surface area contributed by atoms with Gasteiger partial charge in [0.2, 0.25) is 5.91 Å². The lowest BCUT2D eigenvalue weighted by atomic mass is 9.95. The molecule has 0 spiro atoms. The van der Waals surface area contributed by atoms with Crippen LogP contribution < -0.4 is 0 Å². The highest BCUT2D eigenvalue weighted by atomic mass is 16.5. The van der Waals surface area contributed by atoms with Crippen LogP contribution in [0.3, 0.4) is 0 Å². The molecule has 0 bridgehead atoms. The first-order valence-corrected chi connectivity index (χ1v) is 9.38. The van der Waals surface area contributed by atoms with Crippen LogP contribution in [-0.2, 0) is 16.1 Å². The molecule has 0 N–H and O–H groups in total. The summed E-state index contributed by atoms with van der Waals surface area (Å²) < 4.78 is 7.31. The Balaban J connectivity index is 1.88. The molecule has 3 heterocycles. The molecule has 2 atom stereocenters. The molecule has 1 amide bonds. The lowest BCUT2D eigenvalue weighted by Gasteiger charge is -2.38. The van der Waals surface area contributed by atoms with Gasteiger partial charge in [0.25, 0.3) is 0 Å². The van der Waals surface area contributed by atoms with Gasteiger partial charge in [0.15, 0.2) is 11.6 Å². The highest BCUT2D eigenvalue weighted by Gasteiger charge is 2.36. The van der Waals surface area contributed by atoms with Crippen molar-refractivity contribution < 1.29 is 9.53 Å². The molecule has 7 heteroatoms. The van der Waals surface area contributed by atoms with Gasteiger partial charge in [-0.2, -0.15) is 5.10 Å². The molecule has 2 aromatic heterocycles. The largest absolute Gasteiger partial charge is 0.381 e. The van der Waals surface area contributed by atoms with Gasteiger partial charge in [-0.25, -0.2) is 9.67 Å². The number of rotatable bonds is 7. The summed E-state index contributed by atoms with van der Waals surface area (Å²) in [4.78, 5) is 23.7. The molecule has 1 aliphatic rings. The molecule has 7 nitrogen and oxygen atoms in total. The first-order chi connectivity index (χ1) is 12.7. The molecule has 0 aromatic carbocycles. The van der Waals surface area contributed by atoms with Crippen LogP contribution in [0.5, 0.6) is 0 Å². The monoisotopic (exact) mass is 357 g/mol. The summed E-state index contributed by atoms with van der Waals surface area (Å²) in [7, 11) is 0. The van der Waals surface area contributed by atoms with E-state index in [1.807, 2.05) is 28.6 Å². The molecule has 0 aliphatic carbocycles. The summed E-state index contributed by atoms with van der Waals surface area (Å²) in [5.41, 5.74) is 0.895. The molecule has 0 fully saturated rings. The second-order valence-corrected chi connectivity index (χ2v) is 6.62. The van der Waals surface area contributed by atoms with Crippen LogP contribution in [0.25, 0.3) is 11.4 Å². The molecule has 0 unspecified atom stereocenters. The molecule has 0 saturated carbocycles. The van der Waals surface area contributed by atoms with Crippen molar-refractivity contribution in [2.45, 2.75) is 46.2 Å². The van der Waals surface area contributed by atoms with Gasteiger partial charge in [0, 0.05) is 31.1 Å². The van der Waals surface area contributed by atoms with Crippen molar-refractivity contribution in [2.75, 3.05) is 19.8 Å². The van der Waals surface area contributed by atoms with E-state index < -0.39 is 0 Å². The van der Waals surface area contributed by atoms with Gasteiger partial charge < -0.3 is 9.64 Å². The lowest BCUT2D eigenvalue weighted by Crippen LogP contribution is -2.45. The molecular weight excluding hydrogens is 330 g/mol. The maximum atomic E-state index is 12.8. The van der Waals surface area contributed by atoms with Crippen molar-refractivity contribution in [1.29, 1.82) is 0 Å². The maximum Gasteiger partial charge on any atom is 0.225 e. The SMILES string of the molecule is CCOCCC(=O)N1CCn2nc(-c3cccnc3)nc2[C@@H]1[C@@H](C)CC. The Bertz CT molecular complexity index is 731. The molecular formula is C19H27N5O2. The Morgan fingerprint density at radius 1 is 1.38 bits per heavy atom. The summed E-state index contributed by atoms with van der Waals surface area (Å²) in [6.45, 7) is 8.67. The zero-order valence-electron chi connectivity index (χ0n) is 15.8. The van der Waals surface area contributed by atoms with Crippen LogP contribution in [0, 0.1) is 5.92 Å². The number of fused-ring (bicyclic) bond motifs is 1. The second kappa shape index (κ2) is 8.40. The average molecular weight is 357 g/mol. The minimum atomic E-state index is -0.0548. The quantitative estimate of drug-likeness (QED) is 0.712. The van der Waals surface area contributed by atoms with E-state index in [-0.39, 0.29) is 11.9 Å². The number of aromatic nitrogens is 4. The van der Waals surface area contributed by atoms with E-state index in [1.54, 1.807) is 12.4 Å². The third-order valence-corrected chi connectivity index (χ3v) is 4.94. The predicted octanol–water partition coefficient (Wildman–Crippen LogP) is 2.70. The predicted molar refractivity (Wildman–Crippen MR) is 98.3 cm³/mol. The third-order valence-electron chi connectivity index (χ3n) is 4.94. The summed E-state index contributed by atoms with van der Waals surface area (Å²) in [5.74, 6) is 1.97.